The summed E-state index contributed by atoms with van der Waals surface area (Å²) in [7, 11) is -4.51. The summed E-state index contributed by atoms with van der Waals surface area (Å²) >= 11 is 0. The molecule has 1 fully saturated rings. The van der Waals surface area contributed by atoms with Gasteiger partial charge in [-0.25, -0.2) is 0 Å². The first-order chi connectivity index (χ1) is 14.5. The van der Waals surface area contributed by atoms with Gasteiger partial charge in [0, 0.05) is 0 Å². The number of rotatable bonds is 12. The lowest BCUT2D eigenvalue weighted by molar-refractivity contribution is -0.141. The Bertz CT molecular complexity index is 853. The molecule has 1 aliphatic carbocycles. The van der Waals surface area contributed by atoms with E-state index in [9.17, 15) is 23.1 Å². The number of hydrogen-bond acceptors (Lipinski definition) is 9. The maximum absolute atomic E-state index is 12.4. The first kappa shape index (κ1) is 25.1. The number of aliphatic carboxylic acids is 1. The van der Waals surface area contributed by atoms with Gasteiger partial charge in [0.1, 0.15) is 12.1 Å². The number of carboxylic acid groups (broad SMARTS) is 1. The summed E-state index contributed by atoms with van der Waals surface area (Å²) in [6.45, 7) is 1.11. The molecule has 8 N–H and O–H groups in total. The van der Waals surface area contributed by atoms with E-state index in [1.807, 2.05) is 0 Å². The van der Waals surface area contributed by atoms with Crippen molar-refractivity contribution in [1.82, 2.24) is 19.6 Å². The Kier molecular flexibility index (Phi) is 8.88. The summed E-state index contributed by atoms with van der Waals surface area (Å²) < 4.78 is 33.7. The Balaban J connectivity index is 2.13. The summed E-state index contributed by atoms with van der Waals surface area (Å²) in [6.07, 6.45) is 4.26. The van der Waals surface area contributed by atoms with Crippen LogP contribution in [0.3, 0.4) is 0 Å². The molecule has 31 heavy (non-hydrogen) atoms. The average molecular weight is 463 g/mol. The van der Waals surface area contributed by atoms with Crippen LogP contribution in [0.4, 0.5) is 0 Å². The maximum Gasteiger partial charge on any atom is 0.324 e. The summed E-state index contributed by atoms with van der Waals surface area (Å²) in [5, 5.41) is 22.3. The number of nitrogens with one attached hydrogen (secondary N) is 2. The average Bonchev–Trinajstić information content (AvgIpc) is 3.16. The zero-order valence-electron chi connectivity index (χ0n) is 17.2. The zero-order valence-corrected chi connectivity index (χ0v) is 18.0. The zero-order chi connectivity index (χ0) is 23.2. The second-order valence-electron chi connectivity index (χ2n) is 7.86. The molecular formula is C17H30N6O7S. The lowest BCUT2D eigenvalue weighted by atomic mass is 9.85. The van der Waals surface area contributed by atoms with Gasteiger partial charge in [-0.15, -0.1) is 0 Å². The molecule has 1 unspecified atom stereocenters. The molecule has 1 heterocycles. The van der Waals surface area contributed by atoms with Crippen LogP contribution in [0.2, 0.25) is 0 Å². The van der Waals surface area contributed by atoms with Crippen LogP contribution in [0.15, 0.2) is 4.52 Å². The van der Waals surface area contributed by atoms with Gasteiger partial charge in [0.25, 0.3) is 10.2 Å². The van der Waals surface area contributed by atoms with Crippen molar-refractivity contribution < 1.29 is 32.7 Å². The number of carbonyl (C=O) groups is 2. The number of amides is 1. The van der Waals surface area contributed by atoms with Crippen molar-refractivity contribution >= 4 is 22.1 Å². The molecule has 176 valence electrons. The van der Waals surface area contributed by atoms with Crippen LogP contribution in [0.5, 0.6) is 0 Å². The summed E-state index contributed by atoms with van der Waals surface area (Å²) in [5.74, 6) is -2.05. The molecule has 0 spiro atoms. The molecule has 1 saturated carbocycles. The molecule has 14 heteroatoms. The SMILES string of the molecule is CC(O)[C@H](NS(=O)(=O)N[C@@H](CC(N)=O)c1nc([C@@H](N)CC2CCCCC2)no1)C(=O)O. The lowest BCUT2D eigenvalue weighted by Crippen LogP contribution is -2.52. The van der Waals surface area contributed by atoms with Crippen molar-refractivity contribution in [2.75, 3.05) is 0 Å². The van der Waals surface area contributed by atoms with Gasteiger partial charge in [-0.05, 0) is 19.3 Å². The first-order valence-corrected chi connectivity index (χ1v) is 11.5. The number of aromatic nitrogens is 2. The fourth-order valence-electron chi connectivity index (χ4n) is 3.55. The lowest BCUT2D eigenvalue weighted by Gasteiger charge is -2.23. The van der Waals surface area contributed by atoms with Crippen molar-refractivity contribution in [3.63, 3.8) is 0 Å². The van der Waals surface area contributed by atoms with Crippen LogP contribution in [0, 0.1) is 5.92 Å². The first-order valence-electron chi connectivity index (χ1n) is 10.1. The predicted molar refractivity (Wildman–Crippen MR) is 107 cm³/mol. The van der Waals surface area contributed by atoms with E-state index in [0.29, 0.717) is 12.3 Å². The van der Waals surface area contributed by atoms with Crippen LogP contribution < -0.4 is 20.9 Å². The molecular weight excluding hydrogens is 432 g/mol. The molecule has 0 aromatic carbocycles. The van der Waals surface area contributed by atoms with Crippen molar-refractivity contribution in [1.29, 1.82) is 0 Å². The highest BCUT2D eigenvalue weighted by Crippen LogP contribution is 2.30. The van der Waals surface area contributed by atoms with Gasteiger partial charge in [0.2, 0.25) is 11.8 Å². The van der Waals surface area contributed by atoms with Crippen LogP contribution >= 0.6 is 0 Å². The standard InChI is InChI=1S/C17H30N6O7S/c1-9(24)14(17(26)27)23-31(28,29)22-12(8-13(19)25)16-20-15(21-30-16)11(18)7-10-5-3-2-4-6-10/h9-12,14,22-24H,2-8,18H2,1H3,(H2,19,25)(H,26,27)/t9?,11-,12-,14-/m0/s1. The van der Waals surface area contributed by atoms with Gasteiger partial charge in [0.15, 0.2) is 5.82 Å². The van der Waals surface area contributed by atoms with E-state index in [-0.39, 0.29) is 11.7 Å². The quantitative estimate of drug-likeness (QED) is 0.227. The van der Waals surface area contributed by atoms with Gasteiger partial charge in [0.05, 0.1) is 18.6 Å². The van der Waals surface area contributed by atoms with Crippen molar-refractivity contribution in [3.05, 3.63) is 11.7 Å². The topological polar surface area (TPSA) is 224 Å². The second-order valence-corrected chi connectivity index (χ2v) is 9.33. The number of nitrogens with two attached hydrogens (primary N) is 2. The van der Waals surface area contributed by atoms with Crippen molar-refractivity contribution in [2.24, 2.45) is 17.4 Å². The minimum absolute atomic E-state index is 0.176. The van der Waals surface area contributed by atoms with E-state index in [4.69, 9.17) is 21.1 Å². The molecule has 1 aromatic rings. The Labute approximate surface area is 180 Å². The summed E-state index contributed by atoms with van der Waals surface area (Å²) in [5.41, 5.74) is 11.4. The van der Waals surface area contributed by atoms with E-state index in [0.717, 1.165) is 32.6 Å². The number of aliphatic hydroxyl groups is 1. The third-order valence-electron chi connectivity index (χ3n) is 5.13. The Morgan fingerprint density at radius 3 is 2.45 bits per heavy atom. The van der Waals surface area contributed by atoms with Crippen LogP contribution in [-0.4, -0.2) is 52.8 Å². The molecule has 0 bridgehead atoms. The third kappa shape index (κ3) is 7.81. The van der Waals surface area contributed by atoms with Gasteiger partial charge in [-0.2, -0.15) is 22.8 Å². The smallest absolute Gasteiger partial charge is 0.324 e. The molecule has 4 atom stereocenters. The molecule has 13 nitrogen and oxygen atoms in total. The third-order valence-corrected chi connectivity index (χ3v) is 6.29. The highest BCUT2D eigenvalue weighted by atomic mass is 32.2. The summed E-state index contributed by atoms with van der Waals surface area (Å²) in [4.78, 5) is 26.7. The van der Waals surface area contributed by atoms with Crippen LogP contribution in [0.25, 0.3) is 0 Å². The number of primary amides is 1. The van der Waals surface area contributed by atoms with E-state index < -0.39 is 52.7 Å². The number of carboxylic acids is 1. The van der Waals surface area contributed by atoms with Gasteiger partial charge in [-0.1, -0.05) is 37.3 Å². The van der Waals surface area contributed by atoms with Gasteiger partial charge in [-0.3, -0.25) is 9.59 Å². The fourth-order valence-corrected chi connectivity index (χ4v) is 4.81. The molecule has 0 saturated heterocycles. The van der Waals surface area contributed by atoms with Crippen LogP contribution in [-0.2, 0) is 19.8 Å². The fraction of sp³-hybridized carbons (Fsp3) is 0.765. The monoisotopic (exact) mass is 462 g/mol. The maximum atomic E-state index is 12.4. The largest absolute Gasteiger partial charge is 0.480 e. The number of nitrogens with zero attached hydrogens (tertiary/aromatic N) is 2. The van der Waals surface area contributed by atoms with E-state index in [1.165, 1.54) is 6.42 Å². The minimum Gasteiger partial charge on any atom is -0.480 e. The van der Waals surface area contributed by atoms with Crippen LogP contribution in [0.1, 0.15) is 75.7 Å². The highest BCUT2D eigenvalue weighted by molar-refractivity contribution is 7.87. The number of carbonyl (C=O) groups excluding carboxylic acids is 1. The normalized spacial score (nSPS) is 19.5. The molecule has 0 aliphatic heterocycles. The Hall–Kier alpha value is -2.13. The Morgan fingerprint density at radius 2 is 1.90 bits per heavy atom. The molecule has 1 aromatic heterocycles. The number of hydrogen-bond donors (Lipinski definition) is 6. The second kappa shape index (κ2) is 10.9. The van der Waals surface area contributed by atoms with Crippen molar-refractivity contribution in [3.8, 4) is 0 Å². The molecule has 1 amide bonds. The molecule has 2 rings (SSSR count). The number of aliphatic hydroxyl groups excluding tert-OH is 1. The Morgan fingerprint density at radius 1 is 1.26 bits per heavy atom. The van der Waals surface area contributed by atoms with Gasteiger partial charge >= 0.3 is 5.97 Å². The van der Waals surface area contributed by atoms with Gasteiger partial charge < -0.3 is 26.2 Å². The molecule has 1 aliphatic rings. The predicted octanol–water partition coefficient (Wildman–Crippen LogP) is -0.786. The summed E-state index contributed by atoms with van der Waals surface area (Å²) in [6, 6.07) is -3.67. The minimum atomic E-state index is -4.51. The highest BCUT2D eigenvalue weighted by Gasteiger charge is 2.33. The van der Waals surface area contributed by atoms with E-state index in [1.54, 1.807) is 4.72 Å². The van der Waals surface area contributed by atoms with Crippen molar-refractivity contribution in [2.45, 2.75) is 76.1 Å². The van der Waals surface area contributed by atoms with E-state index in [2.05, 4.69) is 14.9 Å². The molecule has 0 radical (unpaired) electrons. The van der Waals surface area contributed by atoms with E-state index >= 15 is 0 Å².